The van der Waals surface area contributed by atoms with E-state index in [0.717, 1.165) is 29.1 Å². The van der Waals surface area contributed by atoms with Gasteiger partial charge in [0.1, 0.15) is 16.5 Å². The zero-order valence-corrected chi connectivity index (χ0v) is 14.4. The summed E-state index contributed by atoms with van der Waals surface area (Å²) in [7, 11) is -4.67. The average molecular weight is 378 g/mol. The summed E-state index contributed by atoms with van der Waals surface area (Å²) in [6.07, 6.45) is 0.994. The Hall–Kier alpha value is -2.00. The van der Waals surface area contributed by atoms with Gasteiger partial charge in [0.25, 0.3) is 0 Å². The third-order valence-electron chi connectivity index (χ3n) is 3.31. The van der Waals surface area contributed by atoms with E-state index >= 15 is 0 Å². The molecule has 0 aliphatic heterocycles. The minimum absolute atomic E-state index is 0.372. The molecule has 130 valence electrons. The van der Waals surface area contributed by atoms with Crippen molar-refractivity contribution in [3.8, 4) is 0 Å². The number of hydrogen-bond donors (Lipinski definition) is 0. The van der Waals surface area contributed by atoms with Crippen molar-refractivity contribution >= 4 is 27.5 Å². The van der Waals surface area contributed by atoms with Gasteiger partial charge in [-0.3, -0.25) is 0 Å². The van der Waals surface area contributed by atoms with Gasteiger partial charge in [0.05, 0.1) is 11.2 Å². The molecule has 1 aromatic carbocycles. The molecule has 2 rings (SSSR count). The number of halogens is 3. The van der Waals surface area contributed by atoms with Crippen LogP contribution in [0.3, 0.4) is 0 Å². The number of nitrogens with zero attached hydrogens (tertiary/aromatic N) is 3. The van der Waals surface area contributed by atoms with Gasteiger partial charge in [-0.2, -0.15) is 9.78 Å². The van der Waals surface area contributed by atoms with E-state index in [1.54, 1.807) is 13.8 Å². The van der Waals surface area contributed by atoms with Gasteiger partial charge in [0.15, 0.2) is 0 Å². The van der Waals surface area contributed by atoms with E-state index in [4.69, 9.17) is 11.6 Å². The summed E-state index contributed by atoms with van der Waals surface area (Å²) in [5, 5.41) is 2.44. The predicted octanol–water partition coefficient (Wildman–Crippen LogP) is 2.96. The van der Waals surface area contributed by atoms with Crippen molar-refractivity contribution in [1.82, 2.24) is 14.7 Å². The molecule has 2 aromatic rings. The van der Waals surface area contributed by atoms with Gasteiger partial charge >= 0.3 is 6.03 Å². The molecule has 0 saturated carbocycles. The smallest absolute Gasteiger partial charge is 0.323 e. The van der Waals surface area contributed by atoms with Gasteiger partial charge in [0, 0.05) is 13.1 Å². The van der Waals surface area contributed by atoms with Crippen LogP contribution in [0.2, 0.25) is 5.02 Å². The molecular formula is C14H14ClF2N3O3S. The molecule has 0 aliphatic carbocycles. The first-order valence-electron chi connectivity index (χ1n) is 6.97. The van der Waals surface area contributed by atoms with Crippen molar-refractivity contribution in [3.63, 3.8) is 0 Å². The highest BCUT2D eigenvalue weighted by molar-refractivity contribution is 7.91. The second kappa shape index (κ2) is 6.86. The largest absolute Gasteiger partial charge is 0.344 e. The van der Waals surface area contributed by atoms with Crippen LogP contribution in [0.4, 0.5) is 13.6 Å². The van der Waals surface area contributed by atoms with E-state index in [2.05, 4.69) is 5.10 Å². The molecule has 1 aromatic heterocycles. The molecule has 0 spiro atoms. The Morgan fingerprint density at radius 2 is 1.79 bits per heavy atom. The Balaban J connectivity index is 2.56. The SMILES string of the molecule is CCN(CC)C(=O)n1cc(Cl)c(S(=O)(=O)c2c(F)cccc2F)n1. The maximum atomic E-state index is 13.8. The lowest BCUT2D eigenvalue weighted by molar-refractivity contribution is 0.201. The molecule has 0 bridgehead atoms. The summed E-state index contributed by atoms with van der Waals surface area (Å²) in [4.78, 5) is 12.4. The van der Waals surface area contributed by atoms with E-state index in [9.17, 15) is 22.0 Å². The van der Waals surface area contributed by atoms with Crippen molar-refractivity contribution in [2.24, 2.45) is 0 Å². The van der Waals surface area contributed by atoms with Crippen LogP contribution in [0, 0.1) is 11.6 Å². The van der Waals surface area contributed by atoms with Crippen LogP contribution < -0.4 is 0 Å². The second-order valence-corrected chi connectivity index (χ2v) is 6.94. The first-order valence-corrected chi connectivity index (χ1v) is 8.83. The minimum atomic E-state index is -4.67. The van der Waals surface area contributed by atoms with Crippen molar-refractivity contribution in [1.29, 1.82) is 0 Å². The molecule has 0 radical (unpaired) electrons. The highest BCUT2D eigenvalue weighted by atomic mass is 35.5. The standard InChI is InChI=1S/C14H14ClF2N3O3S/c1-3-19(4-2)14(21)20-8-9(15)13(18-20)24(22,23)12-10(16)6-5-7-11(12)17/h5-8H,3-4H2,1-2H3. The van der Waals surface area contributed by atoms with Crippen LogP contribution in [0.15, 0.2) is 34.3 Å². The Morgan fingerprint density at radius 3 is 2.29 bits per heavy atom. The fourth-order valence-corrected chi connectivity index (χ4v) is 3.87. The molecule has 6 nitrogen and oxygen atoms in total. The van der Waals surface area contributed by atoms with Crippen molar-refractivity contribution in [2.45, 2.75) is 23.8 Å². The number of aromatic nitrogens is 2. The third-order valence-corrected chi connectivity index (χ3v) is 5.44. The Labute approximate surface area is 142 Å². The van der Waals surface area contributed by atoms with Gasteiger partial charge in [-0.25, -0.2) is 22.0 Å². The number of benzene rings is 1. The zero-order chi connectivity index (χ0) is 18.1. The average Bonchev–Trinajstić information content (AvgIpc) is 2.90. The van der Waals surface area contributed by atoms with Crippen LogP contribution in [-0.2, 0) is 9.84 Å². The Bertz CT molecular complexity index is 859. The molecule has 0 saturated heterocycles. The summed E-state index contributed by atoms with van der Waals surface area (Å²) in [6, 6.07) is 2.05. The predicted molar refractivity (Wildman–Crippen MR) is 82.8 cm³/mol. The lowest BCUT2D eigenvalue weighted by Gasteiger charge is -2.17. The third kappa shape index (κ3) is 3.13. The molecule has 1 heterocycles. The molecule has 0 unspecified atom stereocenters. The first-order chi connectivity index (χ1) is 11.2. The monoisotopic (exact) mass is 377 g/mol. The van der Waals surface area contributed by atoms with Gasteiger partial charge in [-0.1, -0.05) is 17.7 Å². The maximum Gasteiger partial charge on any atom is 0.344 e. The highest BCUT2D eigenvalue weighted by Crippen LogP contribution is 2.29. The molecule has 0 N–H and O–H groups in total. The van der Waals surface area contributed by atoms with Crippen LogP contribution in [-0.4, -0.2) is 42.2 Å². The quantitative estimate of drug-likeness (QED) is 0.821. The second-order valence-electron chi connectivity index (χ2n) is 4.74. The number of sulfone groups is 1. The lowest BCUT2D eigenvalue weighted by Crippen LogP contribution is -2.34. The van der Waals surface area contributed by atoms with E-state index in [1.165, 1.54) is 4.90 Å². The Morgan fingerprint density at radius 1 is 1.25 bits per heavy atom. The highest BCUT2D eigenvalue weighted by Gasteiger charge is 2.32. The number of hydrogen-bond acceptors (Lipinski definition) is 4. The summed E-state index contributed by atoms with van der Waals surface area (Å²) in [6.45, 7) is 4.21. The van der Waals surface area contributed by atoms with Gasteiger partial charge in [0.2, 0.25) is 14.9 Å². The normalized spacial score (nSPS) is 11.5. The molecule has 0 aliphatic rings. The van der Waals surface area contributed by atoms with Crippen molar-refractivity contribution in [2.75, 3.05) is 13.1 Å². The van der Waals surface area contributed by atoms with E-state index in [-0.39, 0.29) is 0 Å². The maximum absolute atomic E-state index is 13.8. The number of rotatable bonds is 4. The topological polar surface area (TPSA) is 72.3 Å². The van der Waals surface area contributed by atoms with Gasteiger partial charge in [-0.15, -0.1) is 0 Å². The molecule has 24 heavy (non-hydrogen) atoms. The molecule has 0 atom stereocenters. The zero-order valence-electron chi connectivity index (χ0n) is 12.8. The molecule has 1 amide bonds. The van der Waals surface area contributed by atoms with Crippen LogP contribution in [0.25, 0.3) is 0 Å². The van der Waals surface area contributed by atoms with Gasteiger partial charge in [-0.05, 0) is 26.0 Å². The fourth-order valence-electron chi connectivity index (χ4n) is 2.09. The first kappa shape index (κ1) is 18.3. The number of carbonyl (C=O) groups is 1. The fraction of sp³-hybridized carbons (Fsp3) is 0.286. The van der Waals surface area contributed by atoms with Crippen LogP contribution >= 0.6 is 11.6 Å². The number of carbonyl (C=O) groups excluding carboxylic acids is 1. The van der Waals surface area contributed by atoms with E-state index < -0.39 is 42.4 Å². The Kier molecular flexibility index (Phi) is 5.24. The van der Waals surface area contributed by atoms with Gasteiger partial charge < -0.3 is 4.90 Å². The summed E-state index contributed by atoms with van der Waals surface area (Å²) >= 11 is 5.84. The summed E-state index contributed by atoms with van der Waals surface area (Å²) in [5.41, 5.74) is 0. The van der Waals surface area contributed by atoms with Crippen molar-refractivity contribution < 1.29 is 22.0 Å². The minimum Gasteiger partial charge on any atom is -0.323 e. The molecular weight excluding hydrogens is 364 g/mol. The lowest BCUT2D eigenvalue weighted by atomic mass is 10.3. The van der Waals surface area contributed by atoms with E-state index in [0.29, 0.717) is 13.1 Å². The van der Waals surface area contributed by atoms with Crippen molar-refractivity contribution in [3.05, 3.63) is 41.1 Å². The molecule has 10 heteroatoms. The number of amides is 1. The molecule has 0 fully saturated rings. The van der Waals surface area contributed by atoms with Crippen LogP contribution in [0.5, 0.6) is 0 Å². The summed E-state index contributed by atoms with van der Waals surface area (Å²) < 4.78 is 53.3. The van der Waals surface area contributed by atoms with E-state index in [1.807, 2.05) is 0 Å². The summed E-state index contributed by atoms with van der Waals surface area (Å²) in [5.74, 6) is -2.54. The van der Waals surface area contributed by atoms with Crippen LogP contribution in [0.1, 0.15) is 13.8 Å².